The van der Waals surface area contributed by atoms with E-state index in [2.05, 4.69) is 5.32 Å². The molecule has 13 nitrogen and oxygen atoms in total. The summed E-state index contributed by atoms with van der Waals surface area (Å²) < 4.78 is 33.4. The smallest absolute Gasteiger partial charge is 0.404 e. The van der Waals surface area contributed by atoms with Crippen LogP contribution in [0.2, 0.25) is 0 Å². The van der Waals surface area contributed by atoms with Gasteiger partial charge in [-0.15, -0.1) is 23.2 Å². The van der Waals surface area contributed by atoms with Crippen LogP contribution in [0.5, 0.6) is 11.5 Å². The van der Waals surface area contributed by atoms with E-state index in [1.54, 1.807) is 48.5 Å². The molecule has 0 unspecified atom stereocenters. The zero-order chi connectivity index (χ0) is 33.7. The average Bonchev–Trinajstić information content (AvgIpc) is 3.58. The molecule has 0 bridgehead atoms. The van der Waals surface area contributed by atoms with Crippen LogP contribution < -0.4 is 24.2 Å². The van der Waals surface area contributed by atoms with Gasteiger partial charge in [0.15, 0.2) is 0 Å². The maximum Gasteiger partial charge on any atom is 0.524 e. The number of hydrogen-bond donors (Lipinski definition) is 5. The number of hydrogen-bond acceptors (Lipinski definition) is 7. The summed E-state index contributed by atoms with van der Waals surface area (Å²) in [5.74, 6) is -1.15. The topological polar surface area (TPSA) is 186 Å². The molecule has 4 aromatic rings. The van der Waals surface area contributed by atoms with Crippen molar-refractivity contribution < 1.29 is 47.3 Å². The Morgan fingerprint density at radius 2 is 1.06 bits per heavy atom. The molecule has 2 amide bonds. The van der Waals surface area contributed by atoms with Crippen molar-refractivity contribution in [2.24, 2.45) is 0 Å². The summed E-state index contributed by atoms with van der Waals surface area (Å²) in [6.45, 7) is -0.0941. The number of phosphoric acid groups is 2. The van der Waals surface area contributed by atoms with Gasteiger partial charge in [-0.3, -0.25) is 34.5 Å². The first-order chi connectivity index (χ1) is 22.3. The number of rotatable bonds is 10. The van der Waals surface area contributed by atoms with Gasteiger partial charge in [0.1, 0.15) is 11.5 Å². The standard InChI is InChI=1S/C30H29Cl2N3O10P2/c31-11-17-15-34(23-9-25(44-46(38,39)40)19-5-1-3-7-21(19)29(17)23)27(36)13-33-14-28(37)35-16-18(12-32)30-22-8-4-2-6-20(22)26(10-24(30)35)45-47(41,42)43/h1-10,17-18,33H,11-16H2,(H2,38,39,40)(H2,41,42,43)/t17-,18-/m1/s1. The van der Waals surface area contributed by atoms with Gasteiger partial charge in [-0.05, 0) is 21.9 Å². The molecule has 17 heteroatoms. The normalized spacial score (nSPS) is 17.7. The highest BCUT2D eigenvalue weighted by molar-refractivity contribution is 7.47. The van der Waals surface area contributed by atoms with Crippen molar-refractivity contribution >= 4 is 83.6 Å². The summed E-state index contributed by atoms with van der Waals surface area (Å²) in [6.07, 6.45) is 0. The summed E-state index contributed by atoms with van der Waals surface area (Å²) in [6, 6.07) is 16.7. The number of carbonyl (C=O) groups excluding carboxylic acids is 2. The quantitative estimate of drug-likeness (QED) is 0.114. The highest BCUT2D eigenvalue weighted by Gasteiger charge is 2.37. The van der Waals surface area contributed by atoms with Crippen LogP contribution in [-0.2, 0) is 18.7 Å². The minimum absolute atomic E-state index is 0.0833. The molecular formula is C30H29Cl2N3O10P2. The lowest BCUT2D eigenvalue weighted by Crippen LogP contribution is -2.43. The molecule has 0 aliphatic carbocycles. The predicted octanol–water partition coefficient (Wildman–Crippen LogP) is 4.56. The van der Waals surface area contributed by atoms with Gasteiger partial charge in [-0.25, -0.2) is 9.13 Å². The summed E-state index contributed by atoms with van der Waals surface area (Å²) in [7, 11) is -9.84. The van der Waals surface area contributed by atoms with Crippen LogP contribution in [0.15, 0.2) is 60.7 Å². The zero-order valence-electron chi connectivity index (χ0n) is 24.5. The first kappa shape index (κ1) is 33.7. The van der Waals surface area contributed by atoms with Crippen LogP contribution in [0.1, 0.15) is 23.0 Å². The Morgan fingerprint density at radius 1 is 0.702 bits per heavy atom. The van der Waals surface area contributed by atoms with E-state index in [0.29, 0.717) is 32.9 Å². The maximum absolute atomic E-state index is 13.5. The number of alkyl halides is 2. The molecule has 0 radical (unpaired) electrons. The number of halogens is 2. The second-order valence-electron chi connectivity index (χ2n) is 11.2. The SMILES string of the molecule is O=C(CNCC(=O)N1C[C@@H](CCl)c2c1cc(OP(=O)(O)O)c1ccccc21)N1C[C@@H](CCl)c2c1cc(OP(=O)(O)O)c1ccccc21. The van der Waals surface area contributed by atoms with Crippen molar-refractivity contribution in [3.05, 3.63) is 71.8 Å². The van der Waals surface area contributed by atoms with Gasteiger partial charge in [0.2, 0.25) is 11.8 Å². The van der Waals surface area contributed by atoms with E-state index in [4.69, 9.17) is 32.2 Å². The minimum Gasteiger partial charge on any atom is -0.404 e. The third-order valence-electron chi connectivity index (χ3n) is 8.22. The summed E-state index contributed by atoms with van der Waals surface area (Å²) in [5, 5.41) is 5.11. The summed E-state index contributed by atoms with van der Waals surface area (Å²) in [5.41, 5.74) is 2.30. The van der Waals surface area contributed by atoms with E-state index < -0.39 is 27.5 Å². The molecule has 2 heterocycles. The molecular weight excluding hydrogens is 695 g/mol. The molecule has 0 aromatic heterocycles. The van der Waals surface area contributed by atoms with Crippen LogP contribution in [0.4, 0.5) is 11.4 Å². The summed E-state index contributed by atoms with van der Waals surface area (Å²) in [4.78, 5) is 68.0. The van der Waals surface area contributed by atoms with E-state index in [1.807, 2.05) is 0 Å². The van der Waals surface area contributed by atoms with Gasteiger partial charge in [0, 0.05) is 59.6 Å². The van der Waals surface area contributed by atoms with E-state index >= 15 is 0 Å². The Balaban J connectivity index is 1.23. The lowest BCUT2D eigenvalue weighted by Gasteiger charge is -2.21. The van der Waals surface area contributed by atoms with Gasteiger partial charge in [-0.1, -0.05) is 48.5 Å². The van der Waals surface area contributed by atoms with Gasteiger partial charge in [0.25, 0.3) is 0 Å². The molecule has 0 spiro atoms. The molecule has 248 valence electrons. The van der Waals surface area contributed by atoms with Crippen molar-refractivity contribution in [3.8, 4) is 11.5 Å². The highest BCUT2D eigenvalue weighted by atomic mass is 35.5. The van der Waals surface area contributed by atoms with Crippen molar-refractivity contribution in [3.63, 3.8) is 0 Å². The number of nitrogens with zero attached hydrogens (tertiary/aromatic N) is 2. The predicted molar refractivity (Wildman–Crippen MR) is 178 cm³/mol. The largest absolute Gasteiger partial charge is 0.524 e. The Morgan fingerprint density at radius 3 is 1.40 bits per heavy atom. The number of carbonyl (C=O) groups is 2. The Kier molecular flexibility index (Phi) is 9.32. The van der Waals surface area contributed by atoms with Crippen LogP contribution >= 0.6 is 38.8 Å². The lowest BCUT2D eigenvalue weighted by molar-refractivity contribution is -0.118. The van der Waals surface area contributed by atoms with Crippen molar-refractivity contribution in [1.29, 1.82) is 0 Å². The Hall–Kier alpha value is -3.22. The molecule has 5 N–H and O–H groups in total. The van der Waals surface area contributed by atoms with Gasteiger partial charge in [-0.2, -0.15) is 0 Å². The molecule has 0 fully saturated rings. The first-order valence-corrected chi connectivity index (χ1v) is 18.5. The fourth-order valence-corrected chi connectivity index (χ4v) is 7.74. The third kappa shape index (κ3) is 6.73. The lowest BCUT2D eigenvalue weighted by atomic mass is 9.95. The van der Waals surface area contributed by atoms with Crippen LogP contribution in [-0.4, -0.2) is 69.3 Å². The zero-order valence-corrected chi connectivity index (χ0v) is 27.8. The molecule has 4 aromatic carbocycles. The number of benzene rings is 4. The van der Waals surface area contributed by atoms with Gasteiger partial charge >= 0.3 is 15.6 Å². The van der Waals surface area contributed by atoms with Crippen molar-refractivity contribution in [2.75, 3.05) is 47.7 Å². The second kappa shape index (κ2) is 13.0. The number of anilines is 2. The number of amides is 2. The van der Waals surface area contributed by atoms with Crippen molar-refractivity contribution in [1.82, 2.24) is 5.32 Å². The molecule has 47 heavy (non-hydrogen) atoms. The highest BCUT2D eigenvalue weighted by Crippen LogP contribution is 2.50. The van der Waals surface area contributed by atoms with Crippen LogP contribution in [0.25, 0.3) is 21.5 Å². The molecule has 2 aliphatic rings. The maximum atomic E-state index is 13.5. The van der Waals surface area contributed by atoms with Crippen LogP contribution in [0.3, 0.4) is 0 Å². The number of phosphoric ester groups is 2. The minimum atomic E-state index is -4.92. The number of nitrogens with one attached hydrogen (secondary N) is 1. The fourth-order valence-electron chi connectivity index (χ4n) is 6.42. The van der Waals surface area contributed by atoms with E-state index in [0.717, 1.165) is 11.1 Å². The van der Waals surface area contributed by atoms with Crippen LogP contribution in [0, 0.1) is 0 Å². The summed E-state index contributed by atoms with van der Waals surface area (Å²) >= 11 is 12.6. The molecule has 0 saturated carbocycles. The number of fused-ring (bicyclic) bond motifs is 6. The Labute approximate surface area is 278 Å². The third-order valence-corrected chi connectivity index (χ3v) is 9.83. The first-order valence-electron chi connectivity index (χ1n) is 14.3. The van der Waals surface area contributed by atoms with E-state index in [-0.39, 0.29) is 61.3 Å². The fraction of sp³-hybridized carbons (Fsp3) is 0.267. The monoisotopic (exact) mass is 723 g/mol. The van der Waals surface area contributed by atoms with Gasteiger partial charge < -0.3 is 18.8 Å². The van der Waals surface area contributed by atoms with Gasteiger partial charge in [0.05, 0.1) is 24.5 Å². The second-order valence-corrected chi connectivity index (χ2v) is 14.1. The Bertz CT molecular complexity index is 1860. The van der Waals surface area contributed by atoms with E-state index in [9.17, 15) is 38.3 Å². The molecule has 2 aliphatic heterocycles. The van der Waals surface area contributed by atoms with E-state index in [1.165, 1.54) is 21.9 Å². The molecule has 2 atom stereocenters. The van der Waals surface area contributed by atoms with Crippen molar-refractivity contribution in [2.45, 2.75) is 11.8 Å². The molecule has 0 saturated heterocycles. The average molecular weight is 724 g/mol. The molecule has 6 rings (SSSR count).